The zero-order chi connectivity index (χ0) is 23.6. The predicted molar refractivity (Wildman–Crippen MR) is 119 cm³/mol. The Kier molecular flexibility index (Phi) is 10.2. The summed E-state index contributed by atoms with van der Waals surface area (Å²) in [6.45, 7) is 0. The Labute approximate surface area is 198 Å². The van der Waals surface area contributed by atoms with Gasteiger partial charge in [0.1, 0.15) is 24.3 Å². The smallest absolute Gasteiger partial charge is 0.172 e. The molecule has 0 fully saturated rings. The Bertz CT molecular complexity index is 1190. The molecule has 0 atom stereocenters. The van der Waals surface area contributed by atoms with Crippen LogP contribution in [0.15, 0.2) is 47.5 Å². The number of nitrogens with zero attached hydrogens (tertiary/aromatic N) is 4. The second-order valence-electron chi connectivity index (χ2n) is 5.33. The molecule has 0 saturated heterocycles. The van der Waals surface area contributed by atoms with Gasteiger partial charge < -0.3 is 9.84 Å². The van der Waals surface area contributed by atoms with E-state index in [4.69, 9.17) is 72.2 Å². The molecule has 2 rings (SSSR count). The maximum atomic E-state index is 9.56. The number of nitriles is 4. The van der Waals surface area contributed by atoms with Crippen LogP contribution in [0.5, 0.6) is 0 Å². The maximum absolute atomic E-state index is 9.56. The van der Waals surface area contributed by atoms with Gasteiger partial charge in [-0.2, -0.15) is 21.0 Å². The van der Waals surface area contributed by atoms with Crippen molar-refractivity contribution in [2.75, 3.05) is 7.11 Å². The SMILES string of the molecule is COC(=C(C#N)C#N)c1ccc(Cl)cc1Cl.N#CC(C#N)=C(O)c1ccc(Cl)cc1Cl. The summed E-state index contributed by atoms with van der Waals surface area (Å²) in [4.78, 5) is 0. The molecule has 2 aromatic rings. The van der Waals surface area contributed by atoms with Crippen LogP contribution in [0, 0.1) is 45.3 Å². The van der Waals surface area contributed by atoms with Crippen LogP contribution >= 0.6 is 46.4 Å². The average Bonchev–Trinajstić information content (AvgIpc) is 2.74. The van der Waals surface area contributed by atoms with Gasteiger partial charge in [0.15, 0.2) is 22.7 Å². The fraction of sp³-hybridized carbons (Fsp3) is 0.0476. The molecule has 0 aliphatic carbocycles. The number of benzene rings is 2. The van der Waals surface area contributed by atoms with Crippen molar-refractivity contribution >= 4 is 57.9 Å². The van der Waals surface area contributed by atoms with E-state index in [1.54, 1.807) is 36.4 Å². The summed E-state index contributed by atoms with van der Waals surface area (Å²) in [7, 11) is 1.37. The molecule has 0 bridgehead atoms. The van der Waals surface area contributed by atoms with Gasteiger partial charge in [0.25, 0.3) is 0 Å². The number of hydrogen-bond acceptors (Lipinski definition) is 6. The third kappa shape index (κ3) is 6.84. The third-order valence-electron chi connectivity index (χ3n) is 3.48. The number of aliphatic hydroxyl groups excluding tert-OH is 1. The lowest BCUT2D eigenvalue weighted by atomic mass is 10.1. The number of rotatable bonds is 3. The quantitative estimate of drug-likeness (QED) is 0.375. The first kappa shape index (κ1) is 25.7. The largest absolute Gasteiger partial charge is 0.505 e. The van der Waals surface area contributed by atoms with Gasteiger partial charge in [-0.25, -0.2) is 0 Å². The summed E-state index contributed by atoms with van der Waals surface area (Å²) in [5.74, 6) is -0.298. The van der Waals surface area contributed by atoms with Crippen LogP contribution < -0.4 is 0 Å². The Hall–Kier alpha value is -3.36. The van der Waals surface area contributed by atoms with Gasteiger partial charge in [-0.1, -0.05) is 46.4 Å². The Balaban J connectivity index is 0.000000311. The number of halogens is 4. The molecule has 0 aliphatic heterocycles. The molecule has 0 saturated carbocycles. The van der Waals surface area contributed by atoms with Gasteiger partial charge in [0.2, 0.25) is 0 Å². The van der Waals surface area contributed by atoms with Crippen LogP contribution in [0.4, 0.5) is 0 Å². The second kappa shape index (κ2) is 12.4. The molecule has 154 valence electrons. The lowest BCUT2D eigenvalue weighted by molar-refractivity contribution is 0.369. The summed E-state index contributed by atoms with van der Waals surface area (Å²) in [6, 6.07) is 15.7. The van der Waals surface area contributed by atoms with E-state index in [0.29, 0.717) is 20.6 Å². The van der Waals surface area contributed by atoms with E-state index in [9.17, 15) is 5.11 Å². The van der Waals surface area contributed by atoms with Crippen molar-refractivity contribution in [1.29, 1.82) is 21.0 Å². The van der Waals surface area contributed by atoms with Crippen molar-refractivity contribution in [2.24, 2.45) is 0 Å². The topological polar surface area (TPSA) is 125 Å². The van der Waals surface area contributed by atoms with Gasteiger partial charge in [-0.3, -0.25) is 0 Å². The molecule has 0 spiro atoms. The van der Waals surface area contributed by atoms with Crippen molar-refractivity contribution in [1.82, 2.24) is 0 Å². The molecule has 6 nitrogen and oxygen atoms in total. The van der Waals surface area contributed by atoms with Gasteiger partial charge in [-0.15, -0.1) is 0 Å². The van der Waals surface area contributed by atoms with Crippen LogP contribution in [0.3, 0.4) is 0 Å². The fourth-order valence-electron chi connectivity index (χ4n) is 2.09. The first-order chi connectivity index (χ1) is 14.7. The zero-order valence-electron chi connectivity index (χ0n) is 15.6. The number of hydrogen-bond donors (Lipinski definition) is 1. The van der Waals surface area contributed by atoms with Crippen molar-refractivity contribution in [2.45, 2.75) is 0 Å². The highest BCUT2D eigenvalue weighted by Crippen LogP contribution is 2.29. The highest BCUT2D eigenvalue weighted by molar-refractivity contribution is 6.36. The van der Waals surface area contributed by atoms with Gasteiger partial charge >= 0.3 is 0 Å². The van der Waals surface area contributed by atoms with Gasteiger partial charge in [0.05, 0.1) is 17.2 Å². The molecule has 0 radical (unpaired) electrons. The maximum Gasteiger partial charge on any atom is 0.172 e. The van der Waals surface area contributed by atoms with Crippen LogP contribution in [0.1, 0.15) is 11.1 Å². The van der Waals surface area contributed by atoms with E-state index in [1.165, 1.54) is 31.4 Å². The molecular weight excluding hydrogens is 482 g/mol. The average molecular weight is 492 g/mol. The molecule has 0 heterocycles. The number of aliphatic hydroxyl groups is 1. The molecular formula is C21H10Cl4N4O2. The monoisotopic (exact) mass is 490 g/mol. The Morgan fingerprint density at radius 2 is 1.16 bits per heavy atom. The van der Waals surface area contributed by atoms with Crippen LogP contribution in [-0.4, -0.2) is 12.2 Å². The summed E-state index contributed by atoms with van der Waals surface area (Å²) >= 11 is 23.1. The minimum atomic E-state index is -0.443. The molecule has 0 aromatic heterocycles. The summed E-state index contributed by atoms with van der Waals surface area (Å²) in [5.41, 5.74) is 0.150. The number of ether oxygens (including phenoxy) is 1. The molecule has 31 heavy (non-hydrogen) atoms. The predicted octanol–water partition coefficient (Wildman–Crippen LogP) is 6.71. The van der Waals surface area contributed by atoms with Crippen LogP contribution in [0.2, 0.25) is 20.1 Å². The van der Waals surface area contributed by atoms with Crippen molar-refractivity contribution < 1.29 is 9.84 Å². The molecule has 1 N–H and O–H groups in total. The van der Waals surface area contributed by atoms with Gasteiger partial charge in [0, 0.05) is 21.2 Å². The zero-order valence-corrected chi connectivity index (χ0v) is 18.6. The summed E-state index contributed by atoms with van der Waals surface area (Å²) in [6.07, 6.45) is 0. The van der Waals surface area contributed by atoms with Crippen molar-refractivity contribution in [3.8, 4) is 24.3 Å². The Morgan fingerprint density at radius 3 is 1.52 bits per heavy atom. The first-order valence-corrected chi connectivity index (χ1v) is 9.47. The van der Waals surface area contributed by atoms with E-state index in [-0.39, 0.29) is 27.5 Å². The molecule has 0 amide bonds. The van der Waals surface area contributed by atoms with E-state index in [2.05, 4.69) is 0 Å². The molecule has 0 aliphatic rings. The van der Waals surface area contributed by atoms with Crippen LogP contribution in [-0.2, 0) is 4.74 Å². The van der Waals surface area contributed by atoms with E-state index in [0.717, 1.165) is 0 Å². The third-order valence-corrected chi connectivity index (χ3v) is 4.57. The fourth-order valence-corrected chi connectivity index (χ4v) is 3.09. The molecule has 0 unspecified atom stereocenters. The van der Waals surface area contributed by atoms with E-state index in [1.807, 2.05) is 0 Å². The summed E-state index contributed by atoms with van der Waals surface area (Å²) < 4.78 is 5.01. The van der Waals surface area contributed by atoms with Crippen LogP contribution in [0.25, 0.3) is 11.5 Å². The standard InChI is InChI=1S/C11H6Cl2N2O.C10H4Cl2N2O/c1-16-11(7(5-14)6-15)9-3-2-8(12)4-10(9)13;11-7-1-2-8(9(12)3-7)10(15)6(4-13)5-14/h2-4H,1H3;1-3,15H. The van der Waals surface area contributed by atoms with Crippen molar-refractivity contribution in [3.05, 3.63) is 78.8 Å². The molecule has 2 aromatic carbocycles. The molecule has 10 heteroatoms. The normalized spacial score (nSPS) is 8.81. The number of allylic oxidation sites excluding steroid dienone is 2. The minimum absolute atomic E-state index is 0.133. The second-order valence-corrected chi connectivity index (χ2v) is 7.01. The van der Waals surface area contributed by atoms with Gasteiger partial charge in [-0.05, 0) is 36.4 Å². The summed E-state index contributed by atoms with van der Waals surface area (Å²) in [5, 5.41) is 45.5. The minimum Gasteiger partial charge on any atom is -0.505 e. The van der Waals surface area contributed by atoms with Crippen molar-refractivity contribution in [3.63, 3.8) is 0 Å². The lowest BCUT2D eigenvalue weighted by Crippen LogP contribution is -1.93. The number of methoxy groups -OCH3 is 1. The first-order valence-electron chi connectivity index (χ1n) is 7.96. The van der Waals surface area contributed by atoms with E-state index >= 15 is 0 Å². The lowest BCUT2D eigenvalue weighted by Gasteiger charge is -2.08. The van der Waals surface area contributed by atoms with E-state index < -0.39 is 5.76 Å². The Morgan fingerprint density at radius 1 is 0.742 bits per heavy atom. The highest BCUT2D eigenvalue weighted by atomic mass is 35.5. The highest BCUT2D eigenvalue weighted by Gasteiger charge is 2.13.